The van der Waals surface area contributed by atoms with Crippen molar-refractivity contribution < 1.29 is 4.74 Å². The van der Waals surface area contributed by atoms with Gasteiger partial charge in [0.15, 0.2) is 5.65 Å². The highest BCUT2D eigenvalue weighted by Crippen LogP contribution is 2.17. The second-order valence-electron chi connectivity index (χ2n) is 4.71. The molecule has 2 aromatic heterocycles. The van der Waals surface area contributed by atoms with Gasteiger partial charge in [-0.15, -0.1) is 0 Å². The molecule has 0 aromatic carbocycles. The van der Waals surface area contributed by atoms with Gasteiger partial charge in [-0.1, -0.05) is 0 Å². The summed E-state index contributed by atoms with van der Waals surface area (Å²) in [6, 6.07) is 2.05. The van der Waals surface area contributed by atoms with Gasteiger partial charge < -0.3 is 9.72 Å². The van der Waals surface area contributed by atoms with Gasteiger partial charge in [0.05, 0.1) is 11.1 Å². The molecule has 16 heavy (non-hydrogen) atoms. The molecule has 4 nitrogen and oxygen atoms in total. The zero-order valence-corrected chi connectivity index (χ0v) is 10.2. The van der Waals surface area contributed by atoms with Crippen molar-refractivity contribution in [2.45, 2.75) is 32.8 Å². The van der Waals surface area contributed by atoms with Gasteiger partial charge >= 0.3 is 0 Å². The molecule has 0 aliphatic heterocycles. The summed E-state index contributed by atoms with van der Waals surface area (Å²) in [4.78, 5) is 12.0. The minimum atomic E-state index is -0.205. The summed E-state index contributed by atoms with van der Waals surface area (Å²) in [5.74, 6) is 0.917. The Hall–Kier alpha value is -1.42. The highest BCUT2D eigenvalue weighted by atomic mass is 16.5. The topological polar surface area (TPSA) is 50.8 Å². The molecule has 0 radical (unpaired) electrons. The number of H-pyrrole nitrogens is 1. The van der Waals surface area contributed by atoms with Gasteiger partial charge in [0.2, 0.25) is 0 Å². The molecule has 0 saturated carbocycles. The average molecular weight is 219 g/mol. The SMILES string of the molecule is COC(C)(C)Cc1nc2ncc(C)cc2[nH]1. The van der Waals surface area contributed by atoms with Crippen LogP contribution >= 0.6 is 0 Å². The van der Waals surface area contributed by atoms with Crippen molar-refractivity contribution in [1.29, 1.82) is 0 Å². The molecule has 0 atom stereocenters. The van der Waals surface area contributed by atoms with Crippen molar-refractivity contribution >= 4 is 11.2 Å². The van der Waals surface area contributed by atoms with Crippen LogP contribution in [0.5, 0.6) is 0 Å². The Morgan fingerprint density at radius 2 is 2.19 bits per heavy atom. The smallest absolute Gasteiger partial charge is 0.177 e. The van der Waals surface area contributed by atoms with Crippen LogP contribution in [0.25, 0.3) is 11.2 Å². The van der Waals surface area contributed by atoms with E-state index in [9.17, 15) is 0 Å². The molecule has 0 aliphatic carbocycles. The number of ether oxygens (including phenoxy) is 1. The lowest BCUT2D eigenvalue weighted by Gasteiger charge is -2.20. The number of imidazole rings is 1. The predicted octanol–water partition coefficient (Wildman–Crippen LogP) is 2.23. The van der Waals surface area contributed by atoms with Crippen LogP contribution in [0, 0.1) is 6.92 Å². The number of rotatable bonds is 3. The summed E-state index contributed by atoms with van der Waals surface area (Å²) in [6.07, 6.45) is 2.58. The minimum absolute atomic E-state index is 0.205. The third-order valence-electron chi connectivity index (χ3n) is 2.67. The van der Waals surface area contributed by atoms with E-state index in [-0.39, 0.29) is 5.60 Å². The van der Waals surface area contributed by atoms with Crippen LogP contribution in [-0.4, -0.2) is 27.7 Å². The standard InChI is InChI=1S/C12H17N3O/c1-8-5-9-11(13-7-8)15-10(14-9)6-12(2,3)16-4/h5,7H,6H2,1-4H3,(H,13,14,15). The Morgan fingerprint density at radius 1 is 1.44 bits per heavy atom. The Labute approximate surface area is 95.1 Å². The first kappa shape index (κ1) is 11.1. The first-order valence-electron chi connectivity index (χ1n) is 5.36. The molecule has 2 heterocycles. The first-order valence-corrected chi connectivity index (χ1v) is 5.36. The van der Waals surface area contributed by atoms with Crippen LogP contribution < -0.4 is 0 Å². The van der Waals surface area contributed by atoms with E-state index in [2.05, 4.69) is 21.0 Å². The fourth-order valence-electron chi connectivity index (χ4n) is 1.61. The summed E-state index contributed by atoms with van der Waals surface area (Å²) in [5.41, 5.74) is 2.69. The van der Waals surface area contributed by atoms with E-state index in [0.717, 1.165) is 29.0 Å². The molecule has 0 spiro atoms. The molecule has 0 amide bonds. The fourth-order valence-corrected chi connectivity index (χ4v) is 1.61. The zero-order valence-electron chi connectivity index (χ0n) is 10.2. The lowest BCUT2D eigenvalue weighted by molar-refractivity contribution is 0.0218. The zero-order chi connectivity index (χ0) is 11.8. The van der Waals surface area contributed by atoms with E-state index < -0.39 is 0 Å². The van der Waals surface area contributed by atoms with Gasteiger partial charge in [0, 0.05) is 19.7 Å². The second-order valence-corrected chi connectivity index (χ2v) is 4.71. The van der Waals surface area contributed by atoms with Gasteiger partial charge in [0.25, 0.3) is 0 Å². The Kier molecular flexibility index (Phi) is 2.68. The van der Waals surface area contributed by atoms with Crippen LogP contribution in [-0.2, 0) is 11.2 Å². The molecule has 0 saturated heterocycles. The molecule has 86 valence electrons. The molecule has 2 rings (SSSR count). The Balaban J connectivity index is 2.33. The van der Waals surface area contributed by atoms with Crippen molar-refractivity contribution in [3.8, 4) is 0 Å². The lowest BCUT2D eigenvalue weighted by Crippen LogP contribution is -2.26. The van der Waals surface area contributed by atoms with Crippen LogP contribution in [0.3, 0.4) is 0 Å². The molecule has 2 aromatic rings. The van der Waals surface area contributed by atoms with Gasteiger partial charge in [0.1, 0.15) is 5.82 Å². The third-order valence-corrected chi connectivity index (χ3v) is 2.67. The monoisotopic (exact) mass is 219 g/mol. The van der Waals surface area contributed by atoms with Crippen molar-refractivity contribution in [2.24, 2.45) is 0 Å². The Morgan fingerprint density at radius 3 is 2.88 bits per heavy atom. The quantitative estimate of drug-likeness (QED) is 0.861. The molecule has 4 heteroatoms. The van der Waals surface area contributed by atoms with Crippen LogP contribution in [0.1, 0.15) is 25.2 Å². The number of aromatic nitrogens is 3. The number of nitrogens with one attached hydrogen (secondary N) is 1. The third kappa shape index (κ3) is 2.22. The normalized spacial score (nSPS) is 12.2. The van der Waals surface area contributed by atoms with Gasteiger partial charge in [-0.25, -0.2) is 9.97 Å². The molecular weight excluding hydrogens is 202 g/mol. The van der Waals surface area contributed by atoms with Gasteiger partial charge in [-0.2, -0.15) is 0 Å². The van der Waals surface area contributed by atoms with E-state index in [1.54, 1.807) is 7.11 Å². The highest BCUT2D eigenvalue weighted by molar-refractivity contribution is 5.70. The predicted molar refractivity (Wildman–Crippen MR) is 63.4 cm³/mol. The summed E-state index contributed by atoms with van der Waals surface area (Å²) in [6.45, 7) is 6.10. The molecule has 0 fully saturated rings. The van der Waals surface area contributed by atoms with E-state index >= 15 is 0 Å². The molecule has 1 N–H and O–H groups in total. The number of hydrogen-bond donors (Lipinski definition) is 1. The molecule has 0 bridgehead atoms. The number of nitrogens with zero attached hydrogens (tertiary/aromatic N) is 2. The van der Waals surface area contributed by atoms with E-state index in [4.69, 9.17) is 4.74 Å². The Bertz CT molecular complexity index is 502. The summed E-state index contributed by atoms with van der Waals surface area (Å²) in [5, 5.41) is 0. The summed E-state index contributed by atoms with van der Waals surface area (Å²) >= 11 is 0. The molecule has 0 unspecified atom stereocenters. The van der Waals surface area contributed by atoms with Crippen molar-refractivity contribution in [1.82, 2.24) is 15.0 Å². The fraction of sp³-hybridized carbons (Fsp3) is 0.500. The van der Waals surface area contributed by atoms with E-state index in [1.165, 1.54) is 0 Å². The van der Waals surface area contributed by atoms with Crippen LogP contribution in [0.4, 0.5) is 0 Å². The summed E-state index contributed by atoms with van der Waals surface area (Å²) in [7, 11) is 1.71. The van der Waals surface area contributed by atoms with E-state index in [0.29, 0.717) is 0 Å². The van der Waals surface area contributed by atoms with Gasteiger partial charge in [-0.05, 0) is 32.4 Å². The number of aromatic amines is 1. The largest absolute Gasteiger partial charge is 0.378 e. The molecule has 0 aliphatic rings. The molecular formula is C12H17N3O. The first-order chi connectivity index (χ1) is 7.50. The van der Waals surface area contributed by atoms with Crippen molar-refractivity contribution in [3.05, 3.63) is 23.7 Å². The van der Waals surface area contributed by atoms with Crippen molar-refractivity contribution in [3.63, 3.8) is 0 Å². The van der Waals surface area contributed by atoms with Gasteiger partial charge in [-0.3, -0.25) is 0 Å². The second kappa shape index (κ2) is 3.87. The minimum Gasteiger partial charge on any atom is -0.378 e. The van der Waals surface area contributed by atoms with Crippen LogP contribution in [0.15, 0.2) is 12.3 Å². The van der Waals surface area contributed by atoms with E-state index in [1.807, 2.05) is 27.0 Å². The maximum Gasteiger partial charge on any atom is 0.177 e. The number of hydrogen-bond acceptors (Lipinski definition) is 3. The van der Waals surface area contributed by atoms with Crippen LogP contribution in [0.2, 0.25) is 0 Å². The summed E-state index contributed by atoms with van der Waals surface area (Å²) < 4.78 is 5.38. The number of fused-ring (bicyclic) bond motifs is 1. The number of methoxy groups -OCH3 is 1. The number of pyridine rings is 1. The maximum atomic E-state index is 5.38. The average Bonchev–Trinajstić information content (AvgIpc) is 2.58. The maximum absolute atomic E-state index is 5.38. The van der Waals surface area contributed by atoms with Crippen molar-refractivity contribution in [2.75, 3.05) is 7.11 Å². The highest BCUT2D eigenvalue weighted by Gasteiger charge is 2.19. The number of aryl methyl sites for hydroxylation is 1. The lowest BCUT2D eigenvalue weighted by atomic mass is 10.1.